The van der Waals surface area contributed by atoms with Gasteiger partial charge in [-0.3, -0.25) is 10.3 Å². The van der Waals surface area contributed by atoms with Crippen LogP contribution in [0, 0.1) is 17.6 Å². The Bertz CT molecular complexity index is 585. The molecule has 1 aliphatic heterocycles. The van der Waals surface area contributed by atoms with Crippen molar-refractivity contribution in [3.05, 3.63) is 35.4 Å². The Balaban J connectivity index is 1.96. The molecule has 0 bridgehead atoms. The molecular formula is C16H21F2N3O2. The summed E-state index contributed by atoms with van der Waals surface area (Å²) in [5.74, 6) is -0.578. The smallest absolute Gasteiger partial charge is 0.413 e. The van der Waals surface area contributed by atoms with Crippen molar-refractivity contribution < 1.29 is 18.3 Å². The van der Waals surface area contributed by atoms with Gasteiger partial charge in [0.05, 0.1) is 19.2 Å². The standard InChI is InChI=1S/C16H21F2N3O2/c1-10(2)7-8-23-16(22)20-15-19-9-13(21(15)3)14-11(17)5-4-6-12(14)18/h4-6,10,13H,7-9H2,1-3H3,(H,19,20,22). The van der Waals surface area contributed by atoms with Gasteiger partial charge in [-0.05, 0) is 24.5 Å². The van der Waals surface area contributed by atoms with Crippen LogP contribution in [0.3, 0.4) is 0 Å². The number of amides is 1. The molecule has 1 atom stereocenters. The van der Waals surface area contributed by atoms with Gasteiger partial charge in [0, 0.05) is 12.6 Å². The van der Waals surface area contributed by atoms with Crippen LogP contribution in [0.4, 0.5) is 13.6 Å². The molecule has 5 nitrogen and oxygen atoms in total. The maximum atomic E-state index is 13.9. The first-order chi connectivity index (χ1) is 10.9. The van der Waals surface area contributed by atoms with Gasteiger partial charge in [-0.25, -0.2) is 13.6 Å². The molecule has 1 aliphatic rings. The number of likely N-dealkylation sites (N-methyl/N-ethyl adjacent to an activating group) is 1. The van der Waals surface area contributed by atoms with Crippen molar-refractivity contribution in [1.29, 1.82) is 0 Å². The Hall–Kier alpha value is -2.18. The predicted octanol–water partition coefficient (Wildman–Crippen LogP) is 3.08. The Kier molecular flexibility index (Phi) is 5.52. The minimum absolute atomic E-state index is 0.0521. The fourth-order valence-corrected chi connectivity index (χ4v) is 2.31. The quantitative estimate of drug-likeness (QED) is 0.925. The first-order valence-electron chi connectivity index (χ1n) is 7.55. The van der Waals surface area contributed by atoms with Gasteiger partial charge in [0.25, 0.3) is 0 Å². The highest BCUT2D eigenvalue weighted by Gasteiger charge is 2.31. The van der Waals surface area contributed by atoms with E-state index in [0.29, 0.717) is 12.5 Å². The molecule has 1 heterocycles. The third kappa shape index (κ3) is 4.18. The van der Waals surface area contributed by atoms with Crippen LogP contribution < -0.4 is 5.32 Å². The summed E-state index contributed by atoms with van der Waals surface area (Å²) in [5.41, 5.74) is -0.0521. The van der Waals surface area contributed by atoms with E-state index in [1.54, 1.807) is 7.05 Å². The van der Waals surface area contributed by atoms with Gasteiger partial charge in [0.2, 0.25) is 5.96 Å². The number of carbonyl (C=O) groups is 1. The van der Waals surface area contributed by atoms with E-state index in [1.165, 1.54) is 23.1 Å². The summed E-state index contributed by atoms with van der Waals surface area (Å²) in [6.07, 6.45) is 0.143. The number of guanidine groups is 1. The number of benzene rings is 1. The lowest BCUT2D eigenvalue weighted by molar-refractivity contribution is 0.144. The maximum absolute atomic E-state index is 13.9. The van der Waals surface area contributed by atoms with E-state index in [-0.39, 0.29) is 18.1 Å². The molecule has 1 amide bonds. The highest BCUT2D eigenvalue weighted by atomic mass is 19.1. The van der Waals surface area contributed by atoms with Gasteiger partial charge in [0.1, 0.15) is 11.6 Å². The van der Waals surface area contributed by atoms with E-state index in [9.17, 15) is 13.6 Å². The van der Waals surface area contributed by atoms with Gasteiger partial charge in [-0.1, -0.05) is 19.9 Å². The molecule has 126 valence electrons. The number of hydrogen-bond acceptors (Lipinski definition) is 4. The van der Waals surface area contributed by atoms with Gasteiger partial charge in [0.15, 0.2) is 0 Å². The van der Waals surface area contributed by atoms with E-state index in [2.05, 4.69) is 10.3 Å². The second-order valence-electron chi connectivity index (χ2n) is 5.87. The van der Waals surface area contributed by atoms with Crippen LogP contribution in [0.25, 0.3) is 0 Å². The van der Waals surface area contributed by atoms with Crippen LogP contribution in [0.5, 0.6) is 0 Å². The number of rotatable bonds is 4. The molecule has 1 aromatic carbocycles. The molecule has 1 aromatic rings. The van der Waals surface area contributed by atoms with Crippen LogP contribution in [0.15, 0.2) is 23.2 Å². The summed E-state index contributed by atoms with van der Waals surface area (Å²) >= 11 is 0. The minimum Gasteiger partial charge on any atom is -0.449 e. The average molecular weight is 325 g/mol. The lowest BCUT2D eigenvalue weighted by Crippen LogP contribution is -2.41. The summed E-state index contributed by atoms with van der Waals surface area (Å²) < 4.78 is 32.8. The normalized spacial score (nSPS) is 17.4. The van der Waals surface area contributed by atoms with Crippen molar-refractivity contribution in [2.75, 3.05) is 20.2 Å². The van der Waals surface area contributed by atoms with Crippen molar-refractivity contribution in [3.63, 3.8) is 0 Å². The van der Waals surface area contributed by atoms with Crippen LogP contribution >= 0.6 is 0 Å². The summed E-state index contributed by atoms with van der Waals surface area (Å²) in [6.45, 7) is 4.54. The van der Waals surface area contributed by atoms with Crippen molar-refractivity contribution in [1.82, 2.24) is 10.2 Å². The SMILES string of the molecule is CC(C)CCOC(=O)NC1=NCC(c2c(F)cccc2F)N1C. The summed E-state index contributed by atoms with van der Waals surface area (Å²) in [7, 11) is 1.62. The van der Waals surface area contributed by atoms with E-state index < -0.39 is 23.8 Å². The maximum Gasteiger partial charge on any atom is 0.413 e. The molecule has 7 heteroatoms. The first-order valence-corrected chi connectivity index (χ1v) is 7.55. The fourth-order valence-electron chi connectivity index (χ4n) is 2.31. The second-order valence-corrected chi connectivity index (χ2v) is 5.87. The Morgan fingerprint density at radius 3 is 2.70 bits per heavy atom. The zero-order valence-electron chi connectivity index (χ0n) is 13.5. The third-order valence-electron chi connectivity index (χ3n) is 3.69. The van der Waals surface area contributed by atoms with Crippen molar-refractivity contribution in [3.8, 4) is 0 Å². The molecule has 0 fully saturated rings. The lowest BCUT2D eigenvalue weighted by atomic mass is 10.1. The molecule has 0 spiro atoms. The molecule has 1 N–H and O–H groups in total. The number of ether oxygens (including phenoxy) is 1. The Morgan fingerprint density at radius 1 is 1.43 bits per heavy atom. The van der Waals surface area contributed by atoms with Crippen molar-refractivity contribution >= 4 is 12.1 Å². The van der Waals surface area contributed by atoms with Gasteiger partial charge < -0.3 is 9.64 Å². The monoisotopic (exact) mass is 325 g/mol. The Morgan fingerprint density at radius 2 is 2.09 bits per heavy atom. The highest BCUT2D eigenvalue weighted by Crippen LogP contribution is 2.28. The second kappa shape index (κ2) is 7.39. The van der Waals surface area contributed by atoms with Crippen LogP contribution in [-0.2, 0) is 4.74 Å². The number of alkyl carbamates (subject to hydrolysis) is 1. The molecule has 0 saturated heterocycles. The molecule has 23 heavy (non-hydrogen) atoms. The largest absolute Gasteiger partial charge is 0.449 e. The molecule has 0 radical (unpaired) electrons. The molecule has 0 aliphatic carbocycles. The molecule has 0 saturated carbocycles. The number of nitrogens with zero attached hydrogens (tertiary/aromatic N) is 2. The van der Waals surface area contributed by atoms with Crippen LogP contribution in [0.1, 0.15) is 31.9 Å². The number of carbonyl (C=O) groups excluding carboxylic acids is 1. The van der Waals surface area contributed by atoms with E-state index in [4.69, 9.17) is 4.74 Å². The van der Waals surface area contributed by atoms with Crippen LogP contribution in [-0.4, -0.2) is 37.2 Å². The zero-order chi connectivity index (χ0) is 17.0. The van der Waals surface area contributed by atoms with Crippen molar-refractivity contribution in [2.24, 2.45) is 10.9 Å². The first kappa shape index (κ1) is 17.2. The van der Waals surface area contributed by atoms with Gasteiger partial charge in [-0.2, -0.15) is 0 Å². The van der Waals surface area contributed by atoms with Crippen LogP contribution in [0.2, 0.25) is 0 Å². The molecule has 1 unspecified atom stereocenters. The van der Waals surface area contributed by atoms with Crippen molar-refractivity contribution in [2.45, 2.75) is 26.3 Å². The number of halogens is 2. The summed E-state index contributed by atoms with van der Waals surface area (Å²) in [5, 5.41) is 2.51. The fraction of sp³-hybridized carbons (Fsp3) is 0.500. The van der Waals surface area contributed by atoms with E-state index in [0.717, 1.165) is 6.42 Å². The molecular weight excluding hydrogens is 304 g/mol. The van der Waals surface area contributed by atoms with E-state index in [1.807, 2.05) is 13.8 Å². The van der Waals surface area contributed by atoms with E-state index >= 15 is 0 Å². The highest BCUT2D eigenvalue weighted by molar-refractivity contribution is 5.94. The number of nitrogens with one attached hydrogen (secondary N) is 1. The Labute approximate surface area is 134 Å². The minimum atomic E-state index is -0.627. The zero-order valence-corrected chi connectivity index (χ0v) is 13.5. The number of hydrogen-bond donors (Lipinski definition) is 1. The topological polar surface area (TPSA) is 53.9 Å². The number of aliphatic imine (C=N–C) groups is 1. The van der Waals surface area contributed by atoms with Gasteiger partial charge in [-0.15, -0.1) is 0 Å². The summed E-state index contributed by atoms with van der Waals surface area (Å²) in [4.78, 5) is 17.4. The molecule has 0 aromatic heterocycles. The lowest BCUT2D eigenvalue weighted by Gasteiger charge is -2.24. The average Bonchev–Trinajstić information content (AvgIpc) is 2.80. The summed E-state index contributed by atoms with van der Waals surface area (Å²) in [6, 6.07) is 3.13. The predicted molar refractivity (Wildman–Crippen MR) is 83.1 cm³/mol. The van der Waals surface area contributed by atoms with Gasteiger partial charge >= 0.3 is 6.09 Å². The molecule has 2 rings (SSSR count). The third-order valence-corrected chi connectivity index (χ3v) is 3.69.